The van der Waals surface area contributed by atoms with Crippen molar-refractivity contribution in [2.24, 2.45) is 10.9 Å². The Bertz CT molecular complexity index is 219. The third-order valence-electron chi connectivity index (χ3n) is 2.42. The molecule has 12 heavy (non-hydrogen) atoms. The molecule has 0 aromatic carbocycles. The van der Waals surface area contributed by atoms with Crippen LogP contribution in [0, 0.1) is 17.2 Å². The summed E-state index contributed by atoms with van der Waals surface area (Å²) in [6.45, 7) is 0. The van der Waals surface area contributed by atoms with E-state index in [9.17, 15) is 4.79 Å². The van der Waals surface area contributed by atoms with E-state index in [1.54, 1.807) is 0 Å². The SMILES string of the molecule is N#CC(N=C=O)C1CCCCC1. The maximum atomic E-state index is 9.97. The predicted octanol–water partition coefficient (Wildman–Crippen LogP) is 1.79. The fourth-order valence-corrected chi connectivity index (χ4v) is 1.75. The molecular formula is C9H12N2O. The van der Waals surface area contributed by atoms with Crippen LogP contribution in [0.2, 0.25) is 0 Å². The zero-order valence-corrected chi connectivity index (χ0v) is 6.99. The Morgan fingerprint density at radius 1 is 1.33 bits per heavy atom. The normalized spacial score (nSPS) is 20.6. The molecular weight excluding hydrogens is 152 g/mol. The van der Waals surface area contributed by atoms with Crippen molar-refractivity contribution >= 4 is 6.08 Å². The van der Waals surface area contributed by atoms with E-state index < -0.39 is 6.04 Å². The lowest BCUT2D eigenvalue weighted by Crippen LogP contribution is -2.19. The molecule has 0 amide bonds. The van der Waals surface area contributed by atoms with Crippen molar-refractivity contribution in [3.63, 3.8) is 0 Å². The van der Waals surface area contributed by atoms with Gasteiger partial charge in [-0.2, -0.15) is 10.3 Å². The molecule has 1 saturated carbocycles. The molecule has 1 atom stereocenters. The average Bonchev–Trinajstić information content (AvgIpc) is 2.15. The number of hydrogen-bond donors (Lipinski definition) is 0. The summed E-state index contributed by atoms with van der Waals surface area (Å²) in [5, 5.41) is 8.69. The second kappa shape index (κ2) is 4.69. The highest BCUT2D eigenvalue weighted by Gasteiger charge is 2.22. The number of nitriles is 1. The Hall–Kier alpha value is -1.13. The van der Waals surface area contributed by atoms with Gasteiger partial charge in [0, 0.05) is 0 Å². The zero-order valence-electron chi connectivity index (χ0n) is 6.99. The van der Waals surface area contributed by atoms with E-state index in [4.69, 9.17) is 5.26 Å². The number of hydrogen-bond acceptors (Lipinski definition) is 3. The quantitative estimate of drug-likeness (QED) is 0.461. The molecule has 0 N–H and O–H groups in total. The van der Waals surface area contributed by atoms with Crippen molar-refractivity contribution in [1.29, 1.82) is 5.26 Å². The predicted molar refractivity (Wildman–Crippen MR) is 44.1 cm³/mol. The summed E-state index contributed by atoms with van der Waals surface area (Å²) < 4.78 is 0. The molecule has 0 aliphatic heterocycles. The minimum absolute atomic E-state index is 0.296. The smallest absolute Gasteiger partial charge is 0.211 e. The van der Waals surface area contributed by atoms with E-state index in [0.29, 0.717) is 5.92 Å². The lowest BCUT2D eigenvalue weighted by Gasteiger charge is -2.22. The topological polar surface area (TPSA) is 53.2 Å². The molecule has 1 rings (SSSR count). The van der Waals surface area contributed by atoms with Crippen LogP contribution in [0.15, 0.2) is 4.99 Å². The lowest BCUT2D eigenvalue weighted by atomic mass is 9.85. The average molecular weight is 164 g/mol. The standard InChI is InChI=1S/C9H12N2O/c10-6-9(11-7-12)8-4-2-1-3-5-8/h8-9H,1-5H2. The van der Waals surface area contributed by atoms with Gasteiger partial charge in [-0.05, 0) is 18.8 Å². The van der Waals surface area contributed by atoms with E-state index in [-0.39, 0.29) is 0 Å². The molecule has 0 bridgehead atoms. The molecule has 0 aromatic rings. The van der Waals surface area contributed by atoms with E-state index in [1.807, 2.05) is 6.07 Å². The third kappa shape index (κ3) is 2.18. The van der Waals surface area contributed by atoms with E-state index in [0.717, 1.165) is 25.7 Å². The van der Waals surface area contributed by atoms with E-state index in [1.165, 1.54) is 12.5 Å². The first kappa shape index (κ1) is 8.96. The largest absolute Gasteiger partial charge is 0.236 e. The van der Waals surface area contributed by atoms with Gasteiger partial charge in [0.1, 0.15) is 0 Å². The Balaban J connectivity index is 2.53. The first-order valence-corrected chi connectivity index (χ1v) is 4.35. The van der Waals surface area contributed by atoms with Crippen LogP contribution in [0.1, 0.15) is 32.1 Å². The van der Waals surface area contributed by atoms with Crippen molar-refractivity contribution < 1.29 is 4.79 Å². The maximum absolute atomic E-state index is 9.97. The van der Waals surface area contributed by atoms with E-state index >= 15 is 0 Å². The van der Waals surface area contributed by atoms with Crippen LogP contribution in [-0.2, 0) is 4.79 Å². The summed E-state index contributed by atoms with van der Waals surface area (Å²) in [4.78, 5) is 13.5. The highest BCUT2D eigenvalue weighted by atomic mass is 16.1. The number of aliphatic imine (C=N–C) groups is 1. The molecule has 0 aromatic heterocycles. The summed E-state index contributed by atoms with van der Waals surface area (Å²) in [5.41, 5.74) is 0. The van der Waals surface area contributed by atoms with Crippen LogP contribution in [0.5, 0.6) is 0 Å². The van der Waals surface area contributed by atoms with Gasteiger partial charge in [0.25, 0.3) is 0 Å². The van der Waals surface area contributed by atoms with Gasteiger partial charge in [-0.1, -0.05) is 19.3 Å². The van der Waals surface area contributed by atoms with Crippen molar-refractivity contribution in [2.45, 2.75) is 38.1 Å². The Morgan fingerprint density at radius 2 is 2.00 bits per heavy atom. The van der Waals surface area contributed by atoms with Crippen LogP contribution in [0.25, 0.3) is 0 Å². The fourth-order valence-electron chi connectivity index (χ4n) is 1.75. The Labute approximate surface area is 72.1 Å². The number of isocyanates is 1. The van der Waals surface area contributed by atoms with Crippen molar-refractivity contribution in [3.8, 4) is 6.07 Å². The van der Waals surface area contributed by atoms with Crippen LogP contribution >= 0.6 is 0 Å². The number of carbonyl (C=O) groups excluding carboxylic acids is 1. The van der Waals surface area contributed by atoms with Crippen LogP contribution in [0.3, 0.4) is 0 Å². The number of nitrogens with zero attached hydrogens (tertiary/aromatic N) is 2. The second-order valence-electron chi connectivity index (χ2n) is 3.19. The maximum Gasteiger partial charge on any atom is 0.236 e. The summed E-state index contributed by atoms with van der Waals surface area (Å²) in [6.07, 6.45) is 7.11. The molecule has 0 radical (unpaired) electrons. The third-order valence-corrected chi connectivity index (χ3v) is 2.42. The molecule has 0 heterocycles. The molecule has 0 spiro atoms. The Kier molecular flexibility index (Phi) is 3.50. The first-order chi connectivity index (χ1) is 5.88. The van der Waals surface area contributed by atoms with Gasteiger partial charge in [0.2, 0.25) is 6.08 Å². The summed E-state index contributed by atoms with van der Waals surface area (Å²) in [6, 6.07) is 1.60. The van der Waals surface area contributed by atoms with Gasteiger partial charge in [0.05, 0.1) is 6.07 Å². The molecule has 64 valence electrons. The molecule has 0 saturated heterocycles. The number of rotatable bonds is 2. The molecule has 1 aliphatic rings. The molecule has 1 fully saturated rings. The van der Waals surface area contributed by atoms with E-state index in [2.05, 4.69) is 4.99 Å². The zero-order chi connectivity index (χ0) is 8.81. The van der Waals surface area contributed by atoms with Crippen LogP contribution < -0.4 is 0 Å². The van der Waals surface area contributed by atoms with Gasteiger partial charge >= 0.3 is 0 Å². The summed E-state index contributed by atoms with van der Waals surface area (Å²) in [7, 11) is 0. The summed E-state index contributed by atoms with van der Waals surface area (Å²) >= 11 is 0. The van der Waals surface area contributed by atoms with Gasteiger partial charge < -0.3 is 0 Å². The summed E-state index contributed by atoms with van der Waals surface area (Å²) in [5.74, 6) is 0.296. The van der Waals surface area contributed by atoms with Crippen molar-refractivity contribution in [1.82, 2.24) is 0 Å². The molecule has 1 unspecified atom stereocenters. The van der Waals surface area contributed by atoms with Crippen molar-refractivity contribution in [2.75, 3.05) is 0 Å². The van der Waals surface area contributed by atoms with Gasteiger partial charge in [-0.25, -0.2) is 4.79 Å². The first-order valence-electron chi connectivity index (χ1n) is 4.35. The van der Waals surface area contributed by atoms with Crippen LogP contribution in [0.4, 0.5) is 0 Å². The highest BCUT2D eigenvalue weighted by Crippen LogP contribution is 2.27. The Morgan fingerprint density at radius 3 is 2.50 bits per heavy atom. The molecule has 3 nitrogen and oxygen atoms in total. The molecule has 3 heteroatoms. The van der Waals surface area contributed by atoms with Gasteiger partial charge in [0.15, 0.2) is 6.04 Å². The minimum Gasteiger partial charge on any atom is -0.211 e. The van der Waals surface area contributed by atoms with Crippen molar-refractivity contribution in [3.05, 3.63) is 0 Å². The van der Waals surface area contributed by atoms with Gasteiger partial charge in [-0.3, -0.25) is 0 Å². The minimum atomic E-state index is -0.442. The lowest BCUT2D eigenvalue weighted by molar-refractivity contribution is 0.336. The second-order valence-corrected chi connectivity index (χ2v) is 3.19. The highest BCUT2D eigenvalue weighted by molar-refractivity contribution is 5.34. The monoisotopic (exact) mass is 164 g/mol. The molecule has 1 aliphatic carbocycles. The van der Waals surface area contributed by atoms with Crippen LogP contribution in [-0.4, -0.2) is 12.1 Å². The fraction of sp³-hybridized carbons (Fsp3) is 0.778. The van der Waals surface area contributed by atoms with Gasteiger partial charge in [-0.15, -0.1) is 0 Å².